The lowest BCUT2D eigenvalue weighted by molar-refractivity contribution is -0.165. The highest BCUT2D eigenvalue weighted by molar-refractivity contribution is 6.31. The van der Waals surface area contributed by atoms with Crippen molar-refractivity contribution in [1.82, 2.24) is 14.8 Å². The number of rotatable bonds is 6. The molecule has 0 unspecified atom stereocenters. The molecule has 4 rings (SSSR count). The Kier molecular flexibility index (Phi) is 7.15. The number of aryl methyl sites for hydroxylation is 1. The molecule has 39 heavy (non-hydrogen) atoms. The zero-order chi connectivity index (χ0) is 28.9. The van der Waals surface area contributed by atoms with E-state index in [4.69, 9.17) is 11.6 Å². The van der Waals surface area contributed by atoms with E-state index in [9.17, 15) is 24.0 Å². The number of benzene rings is 1. The van der Waals surface area contributed by atoms with Crippen LogP contribution >= 0.6 is 11.6 Å². The Morgan fingerprint density at radius 1 is 1.31 bits per heavy atom. The fraction of sp³-hybridized carbons (Fsp3) is 0.444. The van der Waals surface area contributed by atoms with Crippen molar-refractivity contribution < 1.29 is 27.6 Å². The molecule has 3 amide bonds. The van der Waals surface area contributed by atoms with Gasteiger partial charge in [-0.05, 0) is 56.7 Å². The number of anilines is 1. The van der Waals surface area contributed by atoms with Crippen molar-refractivity contribution in [1.29, 1.82) is 5.26 Å². The minimum Gasteiger partial charge on any atom is -0.328 e. The van der Waals surface area contributed by atoms with Gasteiger partial charge in [0.1, 0.15) is 23.4 Å². The second-order valence-electron chi connectivity index (χ2n) is 10.6. The van der Waals surface area contributed by atoms with Crippen LogP contribution in [0.4, 0.5) is 18.9 Å². The maximum absolute atomic E-state index is 15.3. The highest BCUT2D eigenvalue weighted by Gasteiger charge is 2.57. The Bertz CT molecular complexity index is 1390. The van der Waals surface area contributed by atoms with Crippen LogP contribution in [0.5, 0.6) is 0 Å². The molecular weight excluding hydrogens is 535 g/mol. The van der Waals surface area contributed by atoms with Gasteiger partial charge in [0.2, 0.25) is 11.8 Å². The monoisotopic (exact) mass is 561 g/mol. The lowest BCUT2D eigenvalue weighted by Crippen LogP contribution is -2.55. The number of amides is 3. The smallest absolute Gasteiger partial charge is 0.328 e. The van der Waals surface area contributed by atoms with E-state index in [2.05, 4.69) is 10.3 Å². The summed E-state index contributed by atoms with van der Waals surface area (Å²) < 4.78 is 45.4. The van der Waals surface area contributed by atoms with Crippen LogP contribution in [-0.2, 0) is 25.7 Å². The molecule has 3 heterocycles. The molecule has 1 saturated heterocycles. The number of carbonyl (C=O) groups is 3. The van der Waals surface area contributed by atoms with Gasteiger partial charge in [0.15, 0.2) is 0 Å². The van der Waals surface area contributed by atoms with Gasteiger partial charge in [-0.1, -0.05) is 17.7 Å². The topological polar surface area (TPSA) is 106 Å². The minimum absolute atomic E-state index is 0.0822. The van der Waals surface area contributed by atoms with E-state index in [1.165, 1.54) is 19.1 Å². The van der Waals surface area contributed by atoms with Crippen molar-refractivity contribution >= 4 is 35.0 Å². The number of likely N-dealkylation sites (tertiary alicyclic amines) is 1. The third kappa shape index (κ3) is 5.05. The average Bonchev–Trinajstić information content (AvgIpc) is 3.39. The first-order chi connectivity index (χ1) is 18.1. The van der Waals surface area contributed by atoms with E-state index in [0.717, 1.165) is 31.9 Å². The number of carbonyl (C=O) groups excluding carboxylic acids is 3. The molecule has 0 aliphatic carbocycles. The van der Waals surface area contributed by atoms with Crippen LogP contribution in [0, 0.1) is 18.3 Å². The lowest BCUT2D eigenvalue weighted by Gasteiger charge is -2.35. The van der Waals surface area contributed by atoms with Crippen LogP contribution in [0.3, 0.4) is 0 Å². The lowest BCUT2D eigenvalue weighted by atomic mass is 9.80. The van der Waals surface area contributed by atoms with Gasteiger partial charge >= 0.3 is 5.92 Å². The van der Waals surface area contributed by atoms with Crippen LogP contribution in [0.1, 0.15) is 43.6 Å². The van der Waals surface area contributed by atoms with E-state index in [1.54, 1.807) is 18.2 Å². The maximum Gasteiger partial charge on any atom is 0.366 e. The first-order valence-electron chi connectivity index (χ1n) is 12.2. The Morgan fingerprint density at radius 2 is 2.00 bits per heavy atom. The number of aromatic nitrogens is 1. The van der Waals surface area contributed by atoms with Crippen molar-refractivity contribution in [3.63, 3.8) is 0 Å². The van der Waals surface area contributed by atoms with E-state index in [1.807, 2.05) is 6.07 Å². The van der Waals surface area contributed by atoms with Gasteiger partial charge in [0, 0.05) is 42.8 Å². The minimum atomic E-state index is -4.11. The summed E-state index contributed by atoms with van der Waals surface area (Å²) >= 11 is 6.16. The van der Waals surface area contributed by atoms with Gasteiger partial charge < -0.3 is 15.1 Å². The summed E-state index contributed by atoms with van der Waals surface area (Å²) in [5, 5.41) is 13.0. The summed E-state index contributed by atoms with van der Waals surface area (Å²) in [6, 6.07) is 7.74. The molecule has 0 radical (unpaired) electrons. The van der Waals surface area contributed by atoms with Crippen LogP contribution in [-0.4, -0.2) is 63.9 Å². The molecule has 1 aromatic heterocycles. The number of hydrogen-bond donors (Lipinski definition) is 1. The normalized spacial score (nSPS) is 21.4. The molecule has 0 bridgehead atoms. The summed E-state index contributed by atoms with van der Waals surface area (Å²) in [5.74, 6) is -7.22. The highest BCUT2D eigenvalue weighted by atomic mass is 35.5. The number of halogens is 4. The van der Waals surface area contributed by atoms with Gasteiger partial charge in [0.05, 0.1) is 11.5 Å². The zero-order valence-corrected chi connectivity index (χ0v) is 22.5. The van der Waals surface area contributed by atoms with Gasteiger partial charge in [-0.25, -0.2) is 4.39 Å². The molecule has 206 valence electrons. The van der Waals surface area contributed by atoms with Gasteiger partial charge in [-0.15, -0.1) is 0 Å². The number of pyridine rings is 1. The molecule has 2 aliphatic heterocycles. The molecule has 1 spiro atoms. The SMILES string of the molecule is Cc1cccc(C(F)(F)C(=O)N(C)[C@@H](CC(C)(C)F)C(=O)N2C[C@]3(C[C@H]2C#N)C(=O)Nc2ccc(Cl)cc23)n1. The van der Waals surface area contributed by atoms with Crippen molar-refractivity contribution in [3.8, 4) is 6.07 Å². The number of nitriles is 1. The number of fused-ring (bicyclic) bond motifs is 2. The summed E-state index contributed by atoms with van der Waals surface area (Å²) in [6.07, 6.45) is -0.706. The van der Waals surface area contributed by atoms with Crippen molar-refractivity contribution in [2.24, 2.45) is 0 Å². The molecular formula is C27H27ClF3N5O3. The fourth-order valence-electron chi connectivity index (χ4n) is 5.23. The summed E-state index contributed by atoms with van der Waals surface area (Å²) in [4.78, 5) is 45.4. The van der Waals surface area contributed by atoms with E-state index < -0.39 is 58.9 Å². The summed E-state index contributed by atoms with van der Waals surface area (Å²) in [7, 11) is 0.991. The number of nitrogens with one attached hydrogen (secondary N) is 1. The molecule has 1 aromatic carbocycles. The van der Waals surface area contributed by atoms with Crippen molar-refractivity contribution in [3.05, 3.63) is 58.4 Å². The van der Waals surface area contributed by atoms with Crippen LogP contribution in [0.15, 0.2) is 36.4 Å². The Labute approximate surface area is 228 Å². The van der Waals surface area contributed by atoms with Crippen molar-refractivity contribution in [2.75, 3.05) is 18.9 Å². The van der Waals surface area contributed by atoms with Crippen LogP contribution < -0.4 is 5.32 Å². The fourth-order valence-corrected chi connectivity index (χ4v) is 5.40. The first-order valence-corrected chi connectivity index (χ1v) is 12.6. The first kappa shape index (κ1) is 28.4. The third-order valence-electron chi connectivity index (χ3n) is 7.20. The van der Waals surface area contributed by atoms with Crippen LogP contribution in [0.2, 0.25) is 5.02 Å². The number of nitrogens with zero attached hydrogens (tertiary/aromatic N) is 4. The Balaban J connectivity index is 1.70. The summed E-state index contributed by atoms with van der Waals surface area (Å²) in [6.45, 7) is 3.52. The molecule has 2 aromatic rings. The number of alkyl halides is 3. The number of hydrogen-bond acceptors (Lipinski definition) is 5. The number of likely N-dealkylation sites (N-methyl/N-ethyl adjacent to an activating group) is 1. The second kappa shape index (κ2) is 9.83. The molecule has 2 aliphatic rings. The standard InChI is InChI=1S/C27H27ClF3N5O3/c1-15-6-5-7-21(33-15)27(30,31)24(39)35(4)20(12-25(2,3)29)22(37)36-14-26(11-17(36)13-32)18-10-16(28)8-9-19(18)34-23(26)38/h5-10,17,20H,11-12,14H2,1-4H3,(H,34,38)/t17-,20-,26-/m0/s1. The van der Waals surface area contributed by atoms with Gasteiger partial charge in [-0.3, -0.25) is 19.4 Å². The van der Waals surface area contributed by atoms with E-state index in [0.29, 0.717) is 21.2 Å². The summed E-state index contributed by atoms with van der Waals surface area (Å²) in [5.41, 5.74) is -2.93. The van der Waals surface area contributed by atoms with Gasteiger partial charge in [-0.2, -0.15) is 14.0 Å². The van der Waals surface area contributed by atoms with E-state index in [-0.39, 0.29) is 18.7 Å². The highest BCUT2D eigenvalue weighted by Crippen LogP contribution is 2.47. The Hall–Kier alpha value is -3.65. The van der Waals surface area contributed by atoms with Crippen LogP contribution in [0.25, 0.3) is 0 Å². The van der Waals surface area contributed by atoms with Gasteiger partial charge in [0.25, 0.3) is 5.91 Å². The zero-order valence-electron chi connectivity index (χ0n) is 21.8. The molecule has 0 saturated carbocycles. The molecule has 1 fully saturated rings. The quantitative estimate of drug-likeness (QED) is 0.571. The molecule has 3 atom stereocenters. The average molecular weight is 562 g/mol. The largest absolute Gasteiger partial charge is 0.366 e. The molecule has 1 N–H and O–H groups in total. The van der Waals surface area contributed by atoms with E-state index >= 15 is 8.78 Å². The third-order valence-corrected chi connectivity index (χ3v) is 7.44. The maximum atomic E-state index is 15.3. The Morgan fingerprint density at radius 3 is 2.62 bits per heavy atom. The predicted octanol–water partition coefficient (Wildman–Crippen LogP) is 4.12. The second-order valence-corrected chi connectivity index (χ2v) is 11.1. The predicted molar refractivity (Wildman–Crippen MR) is 137 cm³/mol. The van der Waals surface area contributed by atoms with Crippen molar-refractivity contribution in [2.45, 2.75) is 62.7 Å². The molecule has 8 nitrogen and oxygen atoms in total. The molecule has 12 heteroatoms.